The lowest BCUT2D eigenvalue weighted by molar-refractivity contribution is 0.783. The molecule has 0 unspecified atom stereocenters. The molecule has 2 heterocycles. The normalized spacial score (nSPS) is 10.6. The van der Waals surface area contributed by atoms with Crippen LogP contribution in [0.1, 0.15) is 24.1 Å². The molecule has 17 heavy (non-hydrogen) atoms. The fraction of sp³-hybridized carbons (Fsp3) is 0.455. The van der Waals surface area contributed by atoms with Gasteiger partial charge in [-0.15, -0.1) is 5.10 Å². The number of aromatic nitrogens is 5. The van der Waals surface area contributed by atoms with Crippen LogP contribution in [0.15, 0.2) is 6.33 Å². The van der Waals surface area contributed by atoms with Crippen molar-refractivity contribution in [2.45, 2.75) is 27.2 Å². The van der Waals surface area contributed by atoms with Crippen molar-refractivity contribution in [1.82, 2.24) is 24.7 Å². The molecule has 0 aliphatic rings. The zero-order chi connectivity index (χ0) is 12.4. The van der Waals surface area contributed by atoms with Crippen LogP contribution in [0.3, 0.4) is 0 Å². The van der Waals surface area contributed by atoms with E-state index >= 15 is 0 Å². The van der Waals surface area contributed by atoms with Crippen molar-refractivity contribution in [3.63, 3.8) is 0 Å². The number of aryl methyl sites for hydroxylation is 2. The quantitative estimate of drug-likeness (QED) is 0.863. The molecule has 1 N–H and O–H groups in total. The maximum atomic E-state index is 4.35. The zero-order valence-electron chi connectivity index (χ0n) is 10.5. The molecule has 0 aromatic carbocycles. The van der Waals surface area contributed by atoms with Crippen LogP contribution < -0.4 is 5.32 Å². The molecule has 0 radical (unpaired) electrons. The summed E-state index contributed by atoms with van der Waals surface area (Å²) in [5, 5.41) is 7.42. The Morgan fingerprint density at radius 1 is 1.29 bits per heavy atom. The second kappa shape index (κ2) is 4.48. The summed E-state index contributed by atoms with van der Waals surface area (Å²) < 4.78 is 1.76. The first kappa shape index (κ1) is 11.5. The Kier molecular flexibility index (Phi) is 3.03. The van der Waals surface area contributed by atoms with Gasteiger partial charge in [-0.2, -0.15) is 4.68 Å². The SMILES string of the molecule is CCc1c(NC)ncnc1-n1nc(C)nc1C. The highest BCUT2D eigenvalue weighted by molar-refractivity contribution is 5.51. The van der Waals surface area contributed by atoms with Gasteiger partial charge in [0.05, 0.1) is 0 Å². The van der Waals surface area contributed by atoms with Crippen LogP contribution in [-0.2, 0) is 6.42 Å². The molecule has 0 spiro atoms. The second-order valence-electron chi connectivity index (χ2n) is 3.75. The summed E-state index contributed by atoms with van der Waals surface area (Å²) in [6.45, 7) is 5.86. The fourth-order valence-electron chi connectivity index (χ4n) is 1.85. The van der Waals surface area contributed by atoms with E-state index in [0.717, 1.165) is 35.3 Å². The minimum Gasteiger partial charge on any atom is -0.373 e. The van der Waals surface area contributed by atoms with E-state index in [2.05, 4.69) is 32.3 Å². The van der Waals surface area contributed by atoms with Crippen LogP contribution in [-0.4, -0.2) is 31.8 Å². The lowest BCUT2D eigenvalue weighted by Crippen LogP contribution is -2.09. The van der Waals surface area contributed by atoms with Gasteiger partial charge in [0.1, 0.15) is 23.8 Å². The number of hydrogen-bond donors (Lipinski definition) is 1. The standard InChI is InChI=1S/C11H16N6/c1-5-9-10(12-4)13-6-14-11(9)17-8(3)15-7(2)16-17/h6H,5H2,1-4H3,(H,12,13,14). The van der Waals surface area contributed by atoms with E-state index in [1.54, 1.807) is 4.68 Å². The fourth-order valence-corrected chi connectivity index (χ4v) is 1.85. The molecular formula is C11H16N6. The average Bonchev–Trinajstić information content (AvgIpc) is 2.67. The molecule has 0 saturated heterocycles. The van der Waals surface area contributed by atoms with Gasteiger partial charge in [0, 0.05) is 12.6 Å². The largest absolute Gasteiger partial charge is 0.373 e. The highest BCUT2D eigenvalue weighted by Crippen LogP contribution is 2.19. The van der Waals surface area contributed by atoms with Gasteiger partial charge in [-0.25, -0.2) is 15.0 Å². The molecule has 6 nitrogen and oxygen atoms in total. The van der Waals surface area contributed by atoms with Crippen LogP contribution in [0, 0.1) is 13.8 Å². The van der Waals surface area contributed by atoms with Crippen molar-refractivity contribution in [2.75, 3.05) is 12.4 Å². The minimum atomic E-state index is 0.745. The number of hydrogen-bond acceptors (Lipinski definition) is 5. The van der Waals surface area contributed by atoms with Crippen LogP contribution in [0.5, 0.6) is 0 Å². The third kappa shape index (κ3) is 1.98. The van der Waals surface area contributed by atoms with Crippen LogP contribution in [0.4, 0.5) is 5.82 Å². The molecule has 0 atom stereocenters. The number of nitrogens with zero attached hydrogens (tertiary/aromatic N) is 5. The lowest BCUT2D eigenvalue weighted by Gasteiger charge is -2.11. The molecule has 0 bridgehead atoms. The van der Waals surface area contributed by atoms with E-state index in [0.29, 0.717) is 0 Å². The Labute approximate surface area is 100 Å². The van der Waals surface area contributed by atoms with Gasteiger partial charge >= 0.3 is 0 Å². The van der Waals surface area contributed by atoms with Gasteiger partial charge < -0.3 is 5.32 Å². The van der Waals surface area contributed by atoms with Crippen molar-refractivity contribution in [1.29, 1.82) is 0 Å². The molecule has 0 aliphatic carbocycles. The van der Waals surface area contributed by atoms with Gasteiger partial charge in [0.15, 0.2) is 5.82 Å². The summed E-state index contributed by atoms with van der Waals surface area (Å²) in [4.78, 5) is 12.8. The first-order valence-electron chi connectivity index (χ1n) is 5.59. The molecule has 6 heteroatoms. The number of nitrogens with one attached hydrogen (secondary N) is 1. The summed E-state index contributed by atoms with van der Waals surface area (Å²) in [6.07, 6.45) is 2.38. The highest BCUT2D eigenvalue weighted by atomic mass is 15.4. The third-order valence-corrected chi connectivity index (χ3v) is 2.59. The maximum Gasteiger partial charge on any atom is 0.164 e. The second-order valence-corrected chi connectivity index (χ2v) is 3.75. The molecule has 0 aliphatic heterocycles. The summed E-state index contributed by atoms with van der Waals surface area (Å²) >= 11 is 0. The Morgan fingerprint density at radius 3 is 2.59 bits per heavy atom. The molecule has 0 saturated carbocycles. The summed E-state index contributed by atoms with van der Waals surface area (Å²) in [7, 11) is 1.85. The average molecular weight is 232 g/mol. The molecular weight excluding hydrogens is 216 g/mol. The molecule has 2 aromatic heterocycles. The first-order valence-corrected chi connectivity index (χ1v) is 5.59. The highest BCUT2D eigenvalue weighted by Gasteiger charge is 2.13. The van der Waals surface area contributed by atoms with E-state index in [9.17, 15) is 0 Å². The van der Waals surface area contributed by atoms with Crippen molar-refractivity contribution in [3.05, 3.63) is 23.5 Å². The summed E-state index contributed by atoms with van der Waals surface area (Å²) in [6, 6.07) is 0. The summed E-state index contributed by atoms with van der Waals surface area (Å²) in [5.41, 5.74) is 1.04. The van der Waals surface area contributed by atoms with Crippen LogP contribution in [0.2, 0.25) is 0 Å². The smallest absolute Gasteiger partial charge is 0.164 e. The van der Waals surface area contributed by atoms with Crippen molar-refractivity contribution >= 4 is 5.82 Å². The molecule has 90 valence electrons. The minimum absolute atomic E-state index is 0.745. The third-order valence-electron chi connectivity index (χ3n) is 2.59. The molecule has 0 amide bonds. The Hall–Kier alpha value is -1.98. The topological polar surface area (TPSA) is 68.5 Å². The summed E-state index contributed by atoms with van der Waals surface area (Å²) in [5.74, 6) is 3.21. The Balaban J connectivity index is 2.62. The van der Waals surface area contributed by atoms with Crippen LogP contribution >= 0.6 is 0 Å². The van der Waals surface area contributed by atoms with E-state index in [-0.39, 0.29) is 0 Å². The van der Waals surface area contributed by atoms with Gasteiger partial charge in [-0.05, 0) is 20.3 Å². The molecule has 2 rings (SSSR count). The van der Waals surface area contributed by atoms with E-state index in [1.165, 1.54) is 6.33 Å². The Bertz CT molecular complexity index is 531. The van der Waals surface area contributed by atoms with Gasteiger partial charge in [-0.3, -0.25) is 0 Å². The zero-order valence-corrected chi connectivity index (χ0v) is 10.5. The van der Waals surface area contributed by atoms with Crippen LogP contribution in [0.25, 0.3) is 5.82 Å². The predicted molar refractivity (Wildman–Crippen MR) is 65.3 cm³/mol. The van der Waals surface area contributed by atoms with E-state index in [1.807, 2.05) is 20.9 Å². The van der Waals surface area contributed by atoms with E-state index in [4.69, 9.17) is 0 Å². The first-order chi connectivity index (χ1) is 8.17. The van der Waals surface area contributed by atoms with Gasteiger partial charge in [-0.1, -0.05) is 6.92 Å². The van der Waals surface area contributed by atoms with Crippen molar-refractivity contribution < 1.29 is 0 Å². The van der Waals surface area contributed by atoms with Crippen molar-refractivity contribution in [2.24, 2.45) is 0 Å². The monoisotopic (exact) mass is 232 g/mol. The predicted octanol–water partition coefficient (Wildman–Crippen LogP) is 1.28. The van der Waals surface area contributed by atoms with Gasteiger partial charge in [0.25, 0.3) is 0 Å². The number of rotatable bonds is 3. The number of anilines is 1. The van der Waals surface area contributed by atoms with E-state index < -0.39 is 0 Å². The maximum absolute atomic E-state index is 4.35. The molecule has 0 fully saturated rings. The van der Waals surface area contributed by atoms with Crippen molar-refractivity contribution in [3.8, 4) is 5.82 Å². The Morgan fingerprint density at radius 2 is 2.06 bits per heavy atom. The van der Waals surface area contributed by atoms with Gasteiger partial charge in [0.2, 0.25) is 0 Å². The lowest BCUT2D eigenvalue weighted by atomic mass is 10.2. The molecule has 2 aromatic rings.